The molecule has 0 aliphatic carbocycles. The Bertz CT molecular complexity index is 377. The van der Waals surface area contributed by atoms with Crippen molar-refractivity contribution in [3.8, 4) is 0 Å². The zero-order valence-corrected chi connectivity index (χ0v) is 7.72. The molecule has 0 N–H and O–H groups in total. The van der Waals surface area contributed by atoms with E-state index in [1.807, 2.05) is 0 Å². The summed E-state index contributed by atoms with van der Waals surface area (Å²) in [4.78, 5) is 10.1. The molecule has 4 nitrogen and oxygen atoms in total. The van der Waals surface area contributed by atoms with Crippen LogP contribution in [0.5, 0.6) is 0 Å². The molecule has 1 atom stereocenters. The largest absolute Gasteiger partial charge is 0.768 e. The fourth-order valence-corrected chi connectivity index (χ4v) is 1.52. The van der Waals surface area contributed by atoms with Crippen LogP contribution in [0, 0.1) is 0 Å². The minimum atomic E-state index is -2.54. The molecule has 0 aliphatic heterocycles. The predicted octanol–water partition coefficient (Wildman–Crippen LogP) is -0.0585. The van der Waals surface area contributed by atoms with E-state index in [0.717, 1.165) is 6.07 Å². The predicted molar refractivity (Wildman–Crippen MR) is 43.0 cm³/mol. The van der Waals surface area contributed by atoms with Crippen molar-refractivity contribution < 1.29 is 18.7 Å². The van der Waals surface area contributed by atoms with Gasteiger partial charge in [-0.15, -0.1) is 0 Å². The molecule has 0 heterocycles. The van der Waals surface area contributed by atoms with E-state index in [1.54, 1.807) is 0 Å². The van der Waals surface area contributed by atoms with Gasteiger partial charge < -0.3 is 14.5 Å². The summed E-state index contributed by atoms with van der Waals surface area (Å²) in [5.74, 6) is -1.44. The molecule has 0 bridgehead atoms. The van der Waals surface area contributed by atoms with Crippen LogP contribution in [0.15, 0.2) is 23.1 Å². The molecule has 0 fully saturated rings. The van der Waals surface area contributed by atoms with Crippen LogP contribution in [0.3, 0.4) is 0 Å². The summed E-state index contributed by atoms with van der Waals surface area (Å²) >= 11 is 2.95. The molecule has 70 valence electrons. The number of hydrogen-bond donors (Lipinski definition) is 0. The summed E-state index contributed by atoms with van der Waals surface area (Å²) in [5.41, 5.74) is -0.219. The first kappa shape index (κ1) is 10.2. The highest BCUT2D eigenvalue weighted by Gasteiger charge is 2.02. The van der Waals surface area contributed by atoms with Crippen molar-refractivity contribution in [3.63, 3.8) is 0 Å². The van der Waals surface area contributed by atoms with Crippen LogP contribution in [0.25, 0.3) is 0 Å². The molecule has 13 heavy (non-hydrogen) atoms. The van der Waals surface area contributed by atoms with Crippen molar-refractivity contribution in [3.05, 3.63) is 28.8 Å². The van der Waals surface area contributed by atoms with Gasteiger partial charge in [0, 0.05) is 4.90 Å². The number of carbonyl (C=O) groups excluding carboxylic acids is 1. The number of hydrogen-bond acceptors (Lipinski definition) is 4. The van der Waals surface area contributed by atoms with E-state index >= 15 is 0 Å². The third-order valence-electron chi connectivity index (χ3n) is 1.35. The second kappa shape index (κ2) is 3.87. The van der Waals surface area contributed by atoms with Crippen molar-refractivity contribution in [2.24, 2.45) is 0 Å². The Hall–Kier alpha value is -0.910. The molecule has 0 aliphatic rings. The monoisotopic (exact) mass is 218 g/mol. The van der Waals surface area contributed by atoms with E-state index in [4.69, 9.17) is 11.6 Å². The molecular weight excluding hydrogens is 216 g/mol. The Balaban J connectivity index is 3.27. The molecule has 1 aromatic rings. The lowest BCUT2D eigenvalue weighted by molar-refractivity contribution is -0.255. The highest BCUT2D eigenvalue weighted by molar-refractivity contribution is 7.79. The Morgan fingerprint density at radius 2 is 2.08 bits per heavy atom. The molecule has 0 amide bonds. The van der Waals surface area contributed by atoms with Crippen LogP contribution in [-0.2, 0) is 11.1 Å². The van der Waals surface area contributed by atoms with E-state index < -0.39 is 17.0 Å². The van der Waals surface area contributed by atoms with Crippen LogP contribution in [0.4, 0.5) is 0 Å². The van der Waals surface area contributed by atoms with Crippen molar-refractivity contribution in [1.82, 2.24) is 0 Å². The SMILES string of the molecule is O=C([O-])c1ccc(Cl)c(S(=O)[O-])c1. The quantitative estimate of drug-likeness (QED) is 0.652. The van der Waals surface area contributed by atoms with Crippen LogP contribution in [0.2, 0.25) is 5.02 Å². The number of rotatable bonds is 2. The fraction of sp³-hybridized carbons (Fsp3) is 0. The topological polar surface area (TPSA) is 80.3 Å². The Morgan fingerprint density at radius 1 is 1.46 bits per heavy atom. The minimum absolute atomic E-state index is 0.0154. The summed E-state index contributed by atoms with van der Waals surface area (Å²) in [5, 5.41) is 10.3. The van der Waals surface area contributed by atoms with E-state index in [9.17, 15) is 18.7 Å². The molecule has 1 aromatic carbocycles. The Morgan fingerprint density at radius 3 is 2.54 bits per heavy atom. The summed E-state index contributed by atoms with van der Waals surface area (Å²) < 4.78 is 21.0. The first-order chi connectivity index (χ1) is 6.02. The van der Waals surface area contributed by atoms with Crippen LogP contribution >= 0.6 is 11.6 Å². The van der Waals surface area contributed by atoms with Crippen LogP contribution in [0.1, 0.15) is 10.4 Å². The van der Waals surface area contributed by atoms with Crippen molar-refractivity contribution in [2.75, 3.05) is 0 Å². The number of carboxylic acids is 1. The summed E-state index contributed by atoms with van der Waals surface area (Å²) in [6, 6.07) is 3.31. The van der Waals surface area contributed by atoms with Gasteiger partial charge in [-0.05, 0) is 28.8 Å². The van der Waals surface area contributed by atoms with Gasteiger partial charge in [-0.2, -0.15) is 0 Å². The van der Waals surface area contributed by atoms with E-state index in [1.165, 1.54) is 12.1 Å². The third-order valence-corrected chi connectivity index (χ3v) is 2.48. The number of benzene rings is 1. The summed E-state index contributed by atoms with van der Waals surface area (Å²) in [7, 11) is 0. The molecule has 0 saturated heterocycles. The van der Waals surface area contributed by atoms with Crippen molar-refractivity contribution >= 4 is 28.7 Å². The lowest BCUT2D eigenvalue weighted by atomic mass is 10.2. The molecule has 0 radical (unpaired) electrons. The first-order valence-electron chi connectivity index (χ1n) is 3.12. The van der Waals surface area contributed by atoms with Crippen LogP contribution in [-0.4, -0.2) is 14.7 Å². The summed E-state index contributed by atoms with van der Waals surface area (Å²) in [6.07, 6.45) is 0. The lowest BCUT2D eigenvalue weighted by Gasteiger charge is -2.09. The van der Waals surface area contributed by atoms with Gasteiger partial charge in [-0.3, -0.25) is 4.21 Å². The van der Waals surface area contributed by atoms with Gasteiger partial charge >= 0.3 is 0 Å². The second-order valence-electron chi connectivity index (χ2n) is 2.17. The molecule has 0 spiro atoms. The Labute approximate surface area is 81.4 Å². The lowest BCUT2D eigenvalue weighted by Crippen LogP contribution is -2.22. The van der Waals surface area contributed by atoms with Crippen molar-refractivity contribution in [2.45, 2.75) is 4.90 Å². The summed E-state index contributed by atoms with van der Waals surface area (Å²) in [6.45, 7) is 0. The van der Waals surface area contributed by atoms with Gasteiger partial charge in [0.1, 0.15) is 0 Å². The normalized spacial score (nSPS) is 12.5. The van der Waals surface area contributed by atoms with Gasteiger partial charge in [0.05, 0.1) is 11.0 Å². The van der Waals surface area contributed by atoms with Gasteiger partial charge in [-0.1, -0.05) is 17.7 Å². The third kappa shape index (κ3) is 2.27. The standard InChI is InChI=1S/C7H5ClO4S/c8-5-2-1-4(7(9)10)3-6(5)13(11)12/h1-3H,(H,9,10)(H,11,12)/p-2. The average molecular weight is 219 g/mol. The maximum absolute atomic E-state index is 10.5. The fourth-order valence-electron chi connectivity index (χ4n) is 0.758. The zero-order valence-electron chi connectivity index (χ0n) is 6.15. The average Bonchev–Trinajstić information content (AvgIpc) is 2.04. The first-order valence-corrected chi connectivity index (χ1v) is 4.58. The second-order valence-corrected chi connectivity index (χ2v) is 3.48. The number of carbonyl (C=O) groups is 1. The number of carboxylic acid groups (broad SMARTS) is 1. The maximum Gasteiger partial charge on any atom is 0.0715 e. The molecule has 0 aromatic heterocycles. The van der Waals surface area contributed by atoms with E-state index in [2.05, 4.69) is 0 Å². The number of halogens is 1. The van der Waals surface area contributed by atoms with E-state index in [-0.39, 0.29) is 15.5 Å². The zero-order chi connectivity index (χ0) is 10.0. The molecule has 1 rings (SSSR count). The molecule has 1 unspecified atom stereocenters. The van der Waals surface area contributed by atoms with Gasteiger partial charge in [-0.25, -0.2) is 0 Å². The van der Waals surface area contributed by atoms with Gasteiger partial charge in [0.15, 0.2) is 0 Å². The number of aromatic carboxylic acids is 1. The minimum Gasteiger partial charge on any atom is -0.768 e. The van der Waals surface area contributed by atoms with Crippen LogP contribution < -0.4 is 5.11 Å². The highest BCUT2D eigenvalue weighted by Crippen LogP contribution is 2.19. The smallest absolute Gasteiger partial charge is 0.0715 e. The van der Waals surface area contributed by atoms with Crippen molar-refractivity contribution in [1.29, 1.82) is 0 Å². The molecular formula is C7H3ClO4S-2. The van der Waals surface area contributed by atoms with Gasteiger partial charge in [0.2, 0.25) is 0 Å². The highest BCUT2D eigenvalue weighted by atomic mass is 35.5. The maximum atomic E-state index is 10.5. The Kier molecular flexibility index (Phi) is 3.02. The molecule has 6 heteroatoms. The van der Waals surface area contributed by atoms with E-state index in [0.29, 0.717) is 0 Å². The van der Waals surface area contributed by atoms with Gasteiger partial charge in [0.25, 0.3) is 0 Å². The molecule has 0 saturated carbocycles.